The molecular formula is C24H30O2S. The molecule has 0 aliphatic rings. The average Bonchev–Trinajstić information content (AvgIpc) is 2.69. The highest BCUT2D eigenvalue weighted by molar-refractivity contribution is 7.99. The van der Waals surface area contributed by atoms with Crippen molar-refractivity contribution in [3.05, 3.63) is 59.7 Å². The summed E-state index contributed by atoms with van der Waals surface area (Å²) < 4.78 is 0. The number of carbonyl (C=O) groups excluding carboxylic acids is 2. The van der Waals surface area contributed by atoms with Gasteiger partial charge >= 0.3 is 0 Å². The van der Waals surface area contributed by atoms with E-state index in [0.717, 1.165) is 59.4 Å². The molecule has 2 rings (SSSR count). The van der Waals surface area contributed by atoms with E-state index in [0.29, 0.717) is 12.8 Å². The van der Waals surface area contributed by atoms with Gasteiger partial charge in [-0.15, -0.1) is 0 Å². The summed E-state index contributed by atoms with van der Waals surface area (Å²) in [6.45, 7) is 4.29. The highest BCUT2D eigenvalue weighted by atomic mass is 32.2. The summed E-state index contributed by atoms with van der Waals surface area (Å²) in [4.78, 5) is 26.5. The number of hydrogen-bond acceptors (Lipinski definition) is 3. The second-order valence-corrected chi connectivity index (χ2v) is 8.06. The summed E-state index contributed by atoms with van der Waals surface area (Å²) in [5.74, 6) is 0.455. The fourth-order valence-corrected chi connectivity index (χ4v) is 3.73. The maximum atomic E-state index is 12.1. The molecule has 0 aliphatic heterocycles. The van der Waals surface area contributed by atoms with E-state index in [1.165, 1.54) is 0 Å². The molecule has 0 bridgehead atoms. The van der Waals surface area contributed by atoms with E-state index in [2.05, 4.69) is 13.8 Å². The first-order valence-electron chi connectivity index (χ1n) is 10.1. The molecule has 2 aromatic carbocycles. The Hall–Kier alpha value is -1.87. The number of carbonyl (C=O) groups is 2. The lowest BCUT2D eigenvalue weighted by atomic mass is 10.1. The van der Waals surface area contributed by atoms with Crippen molar-refractivity contribution < 1.29 is 9.59 Å². The van der Waals surface area contributed by atoms with Crippen LogP contribution in [0.1, 0.15) is 85.9 Å². The summed E-state index contributed by atoms with van der Waals surface area (Å²) >= 11 is 1.65. The standard InChI is InChI=1S/C24H30O2S/c1-3-5-7-9-23(25)19-11-15-21(16-12-19)27-22-17-13-20(14-18-22)24(26)10-8-6-4-2/h11-18H,3-10H2,1-2H3. The Morgan fingerprint density at radius 2 is 1.00 bits per heavy atom. The minimum Gasteiger partial charge on any atom is -0.294 e. The van der Waals surface area contributed by atoms with Gasteiger partial charge in [0.05, 0.1) is 0 Å². The average molecular weight is 383 g/mol. The molecule has 0 amide bonds. The van der Waals surface area contributed by atoms with Gasteiger partial charge in [0.1, 0.15) is 0 Å². The molecular weight excluding hydrogens is 352 g/mol. The van der Waals surface area contributed by atoms with Gasteiger partial charge in [-0.3, -0.25) is 9.59 Å². The number of Topliss-reactive ketones (excluding diaryl/α,β-unsaturated/α-hetero) is 2. The SMILES string of the molecule is CCCCCC(=O)c1ccc(Sc2ccc(C(=O)CCCCC)cc2)cc1. The largest absolute Gasteiger partial charge is 0.294 e. The maximum absolute atomic E-state index is 12.1. The molecule has 0 saturated heterocycles. The van der Waals surface area contributed by atoms with Crippen molar-refractivity contribution in [2.45, 2.75) is 75.0 Å². The topological polar surface area (TPSA) is 34.1 Å². The van der Waals surface area contributed by atoms with E-state index in [4.69, 9.17) is 0 Å². The molecule has 3 heteroatoms. The second-order valence-electron chi connectivity index (χ2n) is 6.91. The zero-order valence-corrected chi connectivity index (χ0v) is 17.3. The van der Waals surface area contributed by atoms with Crippen molar-refractivity contribution in [1.29, 1.82) is 0 Å². The van der Waals surface area contributed by atoms with E-state index in [1.807, 2.05) is 48.5 Å². The number of ketones is 2. The quantitative estimate of drug-likeness (QED) is 0.284. The van der Waals surface area contributed by atoms with Crippen LogP contribution in [-0.2, 0) is 0 Å². The van der Waals surface area contributed by atoms with Crippen molar-refractivity contribution in [3.8, 4) is 0 Å². The Morgan fingerprint density at radius 1 is 0.630 bits per heavy atom. The van der Waals surface area contributed by atoms with Crippen molar-refractivity contribution in [1.82, 2.24) is 0 Å². The van der Waals surface area contributed by atoms with Crippen molar-refractivity contribution >= 4 is 23.3 Å². The minimum atomic E-state index is 0.228. The zero-order valence-electron chi connectivity index (χ0n) is 16.5. The lowest BCUT2D eigenvalue weighted by Gasteiger charge is -2.06. The van der Waals surface area contributed by atoms with Crippen LogP contribution >= 0.6 is 11.8 Å². The third-order valence-electron chi connectivity index (χ3n) is 4.60. The first-order valence-corrected chi connectivity index (χ1v) is 10.9. The molecule has 0 fully saturated rings. The van der Waals surface area contributed by atoms with Crippen LogP contribution in [0.4, 0.5) is 0 Å². The van der Waals surface area contributed by atoms with Gasteiger partial charge in [0.25, 0.3) is 0 Å². The minimum absolute atomic E-state index is 0.228. The van der Waals surface area contributed by atoms with Gasteiger partial charge in [0, 0.05) is 33.8 Å². The van der Waals surface area contributed by atoms with Crippen LogP contribution in [0.3, 0.4) is 0 Å². The molecule has 2 nitrogen and oxygen atoms in total. The van der Waals surface area contributed by atoms with E-state index in [-0.39, 0.29) is 11.6 Å². The van der Waals surface area contributed by atoms with Crippen molar-refractivity contribution in [3.63, 3.8) is 0 Å². The zero-order chi connectivity index (χ0) is 19.5. The summed E-state index contributed by atoms with van der Waals surface area (Å²) in [6.07, 6.45) is 7.68. The Kier molecular flexibility index (Phi) is 9.34. The number of unbranched alkanes of at least 4 members (excludes halogenated alkanes) is 4. The van der Waals surface area contributed by atoms with Gasteiger partial charge < -0.3 is 0 Å². The number of rotatable bonds is 12. The van der Waals surface area contributed by atoms with Crippen LogP contribution in [0.15, 0.2) is 58.3 Å². The Morgan fingerprint density at radius 3 is 1.33 bits per heavy atom. The molecule has 0 unspecified atom stereocenters. The molecule has 0 N–H and O–H groups in total. The molecule has 27 heavy (non-hydrogen) atoms. The Labute approximate surface area is 167 Å². The van der Waals surface area contributed by atoms with Crippen molar-refractivity contribution in [2.75, 3.05) is 0 Å². The van der Waals surface area contributed by atoms with Crippen LogP contribution < -0.4 is 0 Å². The van der Waals surface area contributed by atoms with Crippen molar-refractivity contribution in [2.24, 2.45) is 0 Å². The fraction of sp³-hybridized carbons (Fsp3) is 0.417. The molecule has 0 heterocycles. The third kappa shape index (κ3) is 7.34. The normalized spacial score (nSPS) is 10.7. The summed E-state index contributed by atoms with van der Waals surface area (Å²) in [7, 11) is 0. The fourth-order valence-electron chi connectivity index (χ4n) is 2.91. The maximum Gasteiger partial charge on any atom is 0.162 e. The Balaban J connectivity index is 1.89. The van der Waals surface area contributed by atoms with Gasteiger partial charge in [0.15, 0.2) is 11.6 Å². The molecule has 0 radical (unpaired) electrons. The van der Waals surface area contributed by atoms with Gasteiger partial charge in [0.2, 0.25) is 0 Å². The van der Waals surface area contributed by atoms with Crippen LogP contribution in [0.5, 0.6) is 0 Å². The molecule has 0 spiro atoms. The van der Waals surface area contributed by atoms with Gasteiger partial charge in [-0.1, -0.05) is 75.6 Å². The van der Waals surface area contributed by atoms with Crippen LogP contribution in [-0.4, -0.2) is 11.6 Å². The Bertz CT molecular complexity index is 654. The lowest BCUT2D eigenvalue weighted by molar-refractivity contribution is 0.0971. The number of benzene rings is 2. The predicted molar refractivity (Wildman–Crippen MR) is 114 cm³/mol. The van der Waals surface area contributed by atoms with Gasteiger partial charge in [-0.05, 0) is 37.1 Å². The molecule has 0 aliphatic carbocycles. The highest BCUT2D eigenvalue weighted by Crippen LogP contribution is 2.28. The second kappa shape index (κ2) is 11.8. The lowest BCUT2D eigenvalue weighted by Crippen LogP contribution is -1.98. The van der Waals surface area contributed by atoms with E-state index in [1.54, 1.807) is 11.8 Å². The molecule has 0 aromatic heterocycles. The first kappa shape index (κ1) is 21.4. The monoisotopic (exact) mass is 382 g/mol. The summed E-state index contributed by atoms with van der Waals surface area (Å²) in [5, 5.41) is 0. The molecule has 2 aromatic rings. The first-order chi connectivity index (χ1) is 13.1. The van der Waals surface area contributed by atoms with Gasteiger partial charge in [-0.2, -0.15) is 0 Å². The summed E-state index contributed by atoms with van der Waals surface area (Å²) in [6, 6.07) is 15.7. The predicted octanol–water partition coefficient (Wildman–Crippen LogP) is 7.36. The number of hydrogen-bond donors (Lipinski definition) is 0. The molecule has 0 saturated carbocycles. The molecule has 144 valence electrons. The highest BCUT2D eigenvalue weighted by Gasteiger charge is 2.08. The van der Waals surface area contributed by atoms with Crippen LogP contribution in [0.25, 0.3) is 0 Å². The summed E-state index contributed by atoms with van der Waals surface area (Å²) in [5.41, 5.74) is 1.59. The smallest absolute Gasteiger partial charge is 0.162 e. The van der Waals surface area contributed by atoms with Gasteiger partial charge in [-0.25, -0.2) is 0 Å². The van der Waals surface area contributed by atoms with Crippen LogP contribution in [0.2, 0.25) is 0 Å². The third-order valence-corrected chi connectivity index (χ3v) is 5.62. The van der Waals surface area contributed by atoms with Crippen LogP contribution in [0, 0.1) is 0 Å². The van der Waals surface area contributed by atoms with E-state index >= 15 is 0 Å². The van der Waals surface area contributed by atoms with E-state index in [9.17, 15) is 9.59 Å². The molecule has 0 atom stereocenters. The van der Waals surface area contributed by atoms with E-state index < -0.39 is 0 Å².